The molecule has 0 aliphatic heterocycles. The van der Waals surface area contributed by atoms with Crippen LogP contribution in [0.3, 0.4) is 0 Å². The number of halogens is 1. The molecule has 11 heteroatoms. The number of allylic oxidation sites excluding steroid dienone is 1. The first-order chi connectivity index (χ1) is 19.6. The zero-order valence-corrected chi connectivity index (χ0v) is 25.0. The first kappa shape index (κ1) is 30.2. The molecule has 0 fully saturated rings. The van der Waals surface area contributed by atoms with Crippen LogP contribution in [0, 0.1) is 11.3 Å². The Hall–Kier alpha value is -3.75. The van der Waals surface area contributed by atoms with Gasteiger partial charge in [-0.15, -0.1) is 0 Å². The van der Waals surface area contributed by atoms with Gasteiger partial charge in [0, 0.05) is 35.4 Å². The molecule has 4 aromatic rings. The van der Waals surface area contributed by atoms with E-state index in [1.165, 1.54) is 46.8 Å². The number of hydrogen-bond donors (Lipinski definition) is 0. The van der Waals surface area contributed by atoms with Crippen molar-refractivity contribution in [1.29, 1.82) is 5.26 Å². The van der Waals surface area contributed by atoms with Gasteiger partial charge < -0.3 is 0 Å². The summed E-state index contributed by atoms with van der Waals surface area (Å²) >= 11 is 5.92. The molecule has 0 N–H and O–H groups in total. The third kappa shape index (κ3) is 6.60. The van der Waals surface area contributed by atoms with Gasteiger partial charge in [-0.1, -0.05) is 55.8 Å². The summed E-state index contributed by atoms with van der Waals surface area (Å²) in [7, 11) is -7.95. The van der Waals surface area contributed by atoms with Crippen molar-refractivity contribution < 1.29 is 16.8 Å². The van der Waals surface area contributed by atoms with Crippen molar-refractivity contribution in [3.05, 3.63) is 101 Å². The van der Waals surface area contributed by atoms with E-state index in [1.54, 1.807) is 23.0 Å². The molecule has 41 heavy (non-hydrogen) atoms. The Morgan fingerprint density at radius 1 is 0.927 bits per heavy atom. The van der Waals surface area contributed by atoms with Crippen LogP contribution in [0.2, 0.25) is 5.02 Å². The van der Waals surface area contributed by atoms with Crippen molar-refractivity contribution in [2.45, 2.75) is 36.5 Å². The number of nitriles is 1. The highest BCUT2D eigenvalue weighted by Gasteiger charge is 2.25. The molecule has 0 aliphatic rings. The van der Waals surface area contributed by atoms with Crippen molar-refractivity contribution in [2.75, 3.05) is 13.1 Å². The fourth-order valence-electron chi connectivity index (χ4n) is 4.29. The minimum absolute atomic E-state index is 0.0771. The lowest BCUT2D eigenvalue weighted by Gasteiger charge is -2.21. The van der Waals surface area contributed by atoms with Crippen molar-refractivity contribution in [1.82, 2.24) is 14.1 Å². The molecule has 4 rings (SSSR count). The molecule has 0 unspecified atom stereocenters. The number of sulfone groups is 1. The van der Waals surface area contributed by atoms with Crippen molar-refractivity contribution in [3.8, 4) is 23.0 Å². The second-order valence-corrected chi connectivity index (χ2v) is 13.5. The van der Waals surface area contributed by atoms with Crippen LogP contribution >= 0.6 is 11.6 Å². The average Bonchev–Trinajstić information content (AvgIpc) is 3.40. The van der Waals surface area contributed by atoms with Gasteiger partial charge in [0.1, 0.15) is 16.7 Å². The zero-order valence-electron chi connectivity index (χ0n) is 22.6. The summed E-state index contributed by atoms with van der Waals surface area (Å²) in [5.41, 5.74) is 1.81. The van der Waals surface area contributed by atoms with Gasteiger partial charge in [0.25, 0.3) is 0 Å². The molecular formula is C30H29ClN4O4S2. The highest BCUT2D eigenvalue weighted by molar-refractivity contribution is 7.95. The topological polar surface area (TPSA) is 113 Å². The van der Waals surface area contributed by atoms with Gasteiger partial charge >= 0.3 is 0 Å². The van der Waals surface area contributed by atoms with Crippen LogP contribution in [0.5, 0.6) is 0 Å². The second-order valence-electron chi connectivity index (χ2n) is 9.22. The SMILES string of the molecule is CCCN(CCC)S(=O)(=O)c1cccc(-c2nn(-c3ccccc3)cc2/C=C(/C#N)S(=O)(=O)c2ccc(Cl)cc2)c1. The van der Waals surface area contributed by atoms with Crippen LogP contribution in [-0.4, -0.2) is 44.0 Å². The van der Waals surface area contributed by atoms with Gasteiger partial charge in [0.15, 0.2) is 0 Å². The lowest BCUT2D eigenvalue weighted by Crippen LogP contribution is -2.32. The van der Waals surface area contributed by atoms with E-state index >= 15 is 0 Å². The molecule has 3 aromatic carbocycles. The van der Waals surface area contributed by atoms with E-state index in [0.717, 1.165) is 0 Å². The average molecular weight is 609 g/mol. The molecular weight excluding hydrogens is 580 g/mol. The number of hydrogen-bond acceptors (Lipinski definition) is 6. The fourth-order valence-corrected chi connectivity index (χ4v) is 7.23. The van der Waals surface area contributed by atoms with E-state index in [-0.39, 0.29) is 9.79 Å². The summed E-state index contributed by atoms with van der Waals surface area (Å²) in [6, 6.07) is 22.9. The fraction of sp³-hybridized carbons (Fsp3) is 0.200. The van der Waals surface area contributed by atoms with Gasteiger partial charge in [0.2, 0.25) is 19.9 Å². The smallest absolute Gasteiger partial charge is 0.240 e. The molecule has 1 aromatic heterocycles. The predicted molar refractivity (Wildman–Crippen MR) is 161 cm³/mol. The monoisotopic (exact) mass is 608 g/mol. The van der Waals surface area contributed by atoms with Crippen LogP contribution in [0.1, 0.15) is 32.3 Å². The van der Waals surface area contributed by atoms with E-state index < -0.39 is 24.8 Å². The van der Waals surface area contributed by atoms with Crippen molar-refractivity contribution in [3.63, 3.8) is 0 Å². The quantitative estimate of drug-likeness (QED) is 0.184. The Balaban J connectivity index is 1.89. The molecule has 0 atom stereocenters. The summed E-state index contributed by atoms with van der Waals surface area (Å²) in [5, 5.41) is 15.0. The number of rotatable bonds is 11. The highest BCUT2D eigenvalue weighted by atomic mass is 35.5. The molecule has 8 nitrogen and oxygen atoms in total. The lowest BCUT2D eigenvalue weighted by molar-refractivity contribution is 0.410. The first-order valence-electron chi connectivity index (χ1n) is 13.0. The number of nitrogens with zero attached hydrogens (tertiary/aromatic N) is 4. The lowest BCUT2D eigenvalue weighted by atomic mass is 10.1. The summed E-state index contributed by atoms with van der Waals surface area (Å²) in [4.78, 5) is -0.461. The van der Waals surface area contributed by atoms with Gasteiger partial charge in [-0.25, -0.2) is 21.5 Å². The first-order valence-corrected chi connectivity index (χ1v) is 16.3. The van der Waals surface area contributed by atoms with Gasteiger partial charge in [0.05, 0.1) is 15.5 Å². The molecule has 0 bridgehead atoms. The molecule has 0 radical (unpaired) electrons. The normalized spacial score (nSPS) is 12.4. The van der Waals surface area contributed by atoms with Crippen LogP contribution in [0.4, 0.5) is 0 Å². The van der Waals surface area contributed by atoms with Gasteiger partial charge in [-0.05, 0) is 67.4 Å². The number of sulfonamides is 1. The van der Waals surface area contributed by atoms with E-state index in [1.807, 2.05) is 50.2 Å². The van der Waals surface area contributed by atoms with Crippen molar-refractivity contribution >= 4 is 37.5 Å². The van der Waals surface area contributed by atoms with E-state index in [9.17, 15) is 22.1 Å². The van der Waals surface area contributed by atoms with Crippen LogP contribution in [-0.2, 0) is 19.9 Å². The maximum Gasteiger partial charge on any atom is 0.243 e. The van der Waals surface area contributed by atoms with Gasteiger partial charge in [-0.2, -0.15) is 14.7 Å². The minimum atomic E-state index is -4.17. The van der Waals surface area contributed by atoms with Crippen LogP contribution in [0.25, 0.3) is 23.0 Å². The van der Waals surface area contributed by atoms with Crippen LogP contribution < -0.4 is 0 Å². The Labute approximate surface area is 246 Å². The van der Waals surface area contributed by atoms with Crippen molar-refractivity contribution in [2.24, 2.45) is 0 Å². The molecule has 0 aliphatic carbocycles. The molecule has 0 saturated heterocycles. The maximum absolute atomic E-state index is 13.5. The third-order valence-electron chi connectivity index (χ3n) is 6.26. The molecule has 0 spiro atoms. The maximum atomic E-state index is 13.5. The standard InChI is InChI=1S/C30H29ClN4O4S2/c1-3-17-34(18-4-2)41(38,39)28-12-8-9-23(19-28)30-24(22-35(33-30)26-10-6-5-7-11-26)20-29(21-32)40(36,37)27-15-13-25(31)14-16-27/h5-16,19-20,22H,3-4,17-18H2,1-2H3/b29-20-. The largest absolute Gasteiger partial charge is 0.243 e. The Morgan fingerprint density at radius 2 is 1.59 bits per heavy atom. The van der Waals surface area contributed by atoms with Gasteiger partial charge in [-0.3, -0.25) is 0 Å². The van der Waals surface area contributed by atoms with Crippen LogP contribution in [0.15, 0.2) is 99.8 Å². The summed E-state index contributed by atoms with van der Waals surface area (Å²) in [6.45, 7) is 4.64. The molecule has 212 valence electrons. The molecule has 0 amide bonds. The van der Waals surface area contributed by atoms with E-state index in [0.29, 0.717) is 53.5 Å². The van der Waals surface area contributed by atoms with E-state index in [2.05, 4.69) is 5.10 Å². The summed E-state index contributed by atoms with van der Waals surface area (Å²) < 4.78 is 56.7. The number of para-hydroxylation sites is 1. The summed E-state index contributed by atoms with van der Waals surface area (Å²) in [5.74, 6) is 0. The Morgan fingerprint density at radius 3 is 2.20 bits per heavy atom. The zero-order chi connectivity index (χ0) is 29.6. The van der Waals surface area contributed by atoms with E-state index in [4.69, 9.17) is 11.6 Å². The highest BCUT2D eigenvalue weighted by Crippen LogP contribution is 2.31. The number of benzene rings is 3. The molecule has 0 saturated carbocycles. The predicted octanol–water partition coefficient (Wildman–Crippen LogP) is 6.34. The summed E-state index contributed by atoms with van der Waals surface area (Å²) in [6.07, 6.45) is 4.22. The minimum Gasteiger partial charge on any atom is -0.240 e. The number of aromatic nitrogens is 2. The Bertz CT molecular complexity index is 1800. The molecule has 1 heterocycles. The third-order valence-corrected chi connectivity index (χ3v) is 10.1. The Kier molecular flexibility index (Phi) is 9.46. The second kappa shape index (κ2) is 12.8.